The predicted octanol–water partition coefficient (Wildman–Crippen LogP) is 0.531. The molecule has 0 bridgehead atoms. The lowest BCUT2D eigenvalue weighted by Gasteiger charge is -2.26. The Bertz CT molecular complexity index is 283. The quantitative estimate of drug-likeness (QED) is 0.765. The van der Waals surface area contributed by atoms with Crippen LogP contribution >= 0.6 is 0 Å². The van der Waals surface area contributed by atoms with Crippen molar-refractivity contribution in [2.75, 3.05) is 19.8 Å². The summed E-state index contributed by atoms with van der Waals surface area (Å²) in [4.78, 5) is 0. The lowest BCUT2D eigenvalue weighted by Crippen LogP contribution is -2.44. The number of nitrogens with one attached hydrogen (secondary N) is 2. The van der Waals surface area contributed by atoms with Gasteiger partial charge < -0.3 is 19.9 Å². The molecule has 0 saturated carbocycles. The predicted molar refractivity (Wildman–Crippen MR) is 60.0 cm³/mol. The highest BCUT2D eigenvalue weighted by Crippen LogP contribution is 2.04. The van der Waals surface area contributed by atoms with Gasteiger partial charge in [0.05, 0.1) is 26.0 Å². The Morgan fingerprint density at radius 3 is 3.31 bits per heavy atom. The minimum atomic E-state index is 0.435. The summed E-state index contributed by atoms with van der Waals surface area (Å²) >= 11 is 0. The molecule has 0 radical (unpaired) electrons. The second-order valence-corrected chi connectivity index (χ2v) is 4.22. The highest BCUT2D eigenvalue weighted by atomic mass is 16.5. The van der Waals surface area contributed by atoms with Crippen molar-refractivity contribution in [1.29, 1.82) is 0 Å². The van der Waals surface area contributed by atoms with E-state index in [1.807, 2.05) is 6.07 Å². The van der Waals surface area contributed by atoms with Crippen molar-refractivity contribution < 1.29 is 9.26 Å². The third-order valence-corrected chi connectivity index (χ3v) is 2.75. The van der Waals surface area contributed by atoms with Crippen molar-refractivity contribution >= 4 is 0 Å². The molecule has 5 heteroatoms. The number of aromatic nitrogens is 1. The van der Waals surface area contributed by atoms with E-state index in [1.165, 1.54) is 0 Å². The second-order valence-electron chi connectivity index (χ2n) is 4.22. The maximum absolute atomic E-state index is 5.41. The molecule has 0 spiro atoms. The van der Waals surface area contributed by atoms with Gasteiger partial charge in [0.1, 0.15) is 5.76 Å². The van der Waals surface area contributed by atoms with Gasteiger partial charge in [0.2, 0.25) is 0 Å². The minimum Gasteiger partial charge on any atom is -0.379 e. The van der Waals surface area contributed by atoms with Crippen LogP contribution in [0.4, 0.5) is 0 Å². The van der Waals surface area contributed by atoms with Crippen LogP contribution in [0, 0.1) is 0 Å². The molecule has 16 heavy (non-hydrogen) atoms. The molecule has 5 nitrogen and oxygen atoms in total. The van der Waals surface area contributed by atoms with E-state index in [9.17, 15) is 0 Å². The van der Waals surface area contributed by atoms with Crippen molar-refractivity contribution in [3.63, 3.8) is 0 Å². The maximum atomic E-state index is 5.41. The summed E-state index contributed by atoms with van der Waals surface area (Å²) in [6, 6.07) is 2.78. The average Bonchev–Trinajstić information content (AvgIpc) is 2.81. The molecule has 0 aromatic carbocycles. The summed E-state index contributed by atoms with van der Waals surface area (Å²) in [6.45, 7) is 5.51. The van der Waals surface area contributed by atoms with Crippen LogP contribution in [-0.2, 0) is 11.3 Å². The van der Waals surface area contributed by atoms with Gasteiger partial charge in [0.15, 0.2) is 0 Å². The Morgan fingerprint density at radius 1 is 1.69 bits per heavy atom. The van der Waals surface area contributed by atoms with Crippen LogP contribution in [-0.4, -0.2) is 37.0 Å². The molecule has 2 rings (SSSR count). The summed E-state index contributed by atoms with van der Waals surface area (Å²) in [6.07, 6.45) is 2.73. The summed E-state index contributed by atoms with van der Waals surface area (Å²) in [7, 11) is 0. The first-order valence-corrected chi connectivity index (χ1v) is 5.78. The highest BCUT2D eigenvalue weighted by molar-refractivity contribution is 4.92. The normalized spacial score (nSPS) is 23.2. The van der Waals surface area contributed by atoms with Gasteiger partial charge >= 0.3 is 0 Å². The molecule has 1 aromatic rings. The Hall–Kier alpha value is -0.910. The molecule has 1 saturated heterocycles. The van der Waals surface area contributed by atoms with E-state index in [1.54, 1.807) is 6.20 Å². The van der Waals surface area contributed by atoms with E-state index < -0.39 is 0 Å². The maximum Gasteiger partial charge on any atom is 0.150 e. The highest BCUT2D eigenvalue weighted by Gasteiger charge is 2.15. The molecular weight excluding hydrogens is 206 g/mol. The van der Waals surface area contributed by atoms with Crippen LogP contribution in [0.2, 0.25) is 0 Å². The van der Waals surface area contributed by atoms with Gasteiger partial charge in [-0.15, -0.1) is 0 Å². The van der Waals surface area contributed by atoms with Crippen molar-refractivity contribution in [3.8, 4) is 0 Å². The van der Waals surface area contributed by atoms with E-state index >= 15 is 0 Å². The van der Waals surface area contributed by atoms with E-state index in [-0.39, 0.29) is 0 Å². The zero-order chi connectivity index (χ0) is 11.2. The first-order chi connectivity index (χ1) is 7.84. The van der Waals surface area contributed by atoms with Gasteiger partial charge in [-0.3, -0.25) is 0 Å². The topological polar surface area (TPSA) is 59.3 Å². The van der Waals surface area contributed by atoms with Crippen LogP contribution in [0.15, 0.2) is 16.8 Å². The molecule has 2 unspecified atom stereocenters. The van der Waals surface area contributed by atoms with Crippen LogP contribution in [0.1, 0.15) is 19.1 Å². The molecule has 0 amide bonds. The van der Waals surface area contributed by atoms with Crippen LogP contribution < -0.4 is 10.6 Å². The van der Waals surface area contributed by atoms with Crippen molar-refractivity contribution in [1.82, 2.24) is 15.8 Å². The van der Waals surface area contributed by atoms with E-state index in [0.717, 1.165) is 38.5 Å². The molecule has 1 aliphatic rings. The van der Waals surface area contributed by atoms with E-state index in [2.05, 4.69) is 22.7 Å². The molecule has 2 heterocycles. The fourth-order valence-electron chi connectivity index (χ4n) is 1.89. The number of ether oxygens (including phenoxy) is 1. The number of hydrogen-bond donors (Lipinski definition) is 2. The molecule has 90 valence electrons. The summed E-state index contributed by atoms with van der Waals surface area (Å²) in [5.74, 6) is 0.875. The van der Waals surface area contributed by atoms with Gasteiger partial charge in [-0.25, -0.2) is 0 Å². The minimum absolute atomic E-state index is 0.435. The number of hydrogen-bond acceptors (Lipinski definition) is 5. The van der Waals surface area contributed by atoms with Gasteiger partial charge in [0.25, 0.3) is 0 Å². The lowest BCUT2D eigenvalue weighted by atomic mass is 10.1. The summed E-state index contributed by atoms with van der Waals surface area (Å²) in [5.41, 5.74) is 0. The summed E-state index contributed by atoms with van der Waals surface area (Å²) in [5, 5.41) is 10.5. The fourth-order valence-corrected chi connectivity index (χ4v) is 1.89. The van der Waals surface area contributed by atoms with Gasteiger partial charge in [-0.1, -0.05) is 5.16 Å². The van der Waals surface area contributed by atoms with E-state index in [0.29, 0.717) is 12.1 Å². The molecule has 2 atom stereocenters. The molecule has 1 fully saturated rings. The van der Waals surface area contributed by atoms with Crippen LogP contribution in [0.5, 0.6) is 0 Å². The van der Waals surface area contributed by atoms with Gasteiger partial charge in [-0.2, -0.15) is 0 Å². The third kappa shape index (κ3) is 3.59. The second kappa shape index (κ2) is 5.98. The molecule has 1 aliphatic heterocycles. The molecule has 1 aromatic heterocycles. The molecule has 2 N–H and O–H groups in total. The van der Waals surface area contributed by atoms with E-state index in [4.69, 9.17) is 9.26 Å². The third-order valence-electron chi connectivity index (χ3n) is 2.75. The molecule has 0 aliphatic carbocycles. The van der Waals surface area contributed by atoms with Crippen LogP contribution in [0.25, 0.3) is 0 Å². The van der Waals surface area contributed by atoms with Gasteiger partial charge in [-0.05, 0) is 13.3 Å². The number of rotatable bonds is 5. The Balaban J connectivity index is 1.65. The van der Waals surface area contributed by atoms with Crippen LogP contribution in [0.3, 0.4) is 0 Å². The lowest BCUT2D eigenvalue weighted by molar-refractivity contribution is 0.0711. The largest absolute Gasteiger partial charge is 0.379 e. The smallest absolute Gasteiger partial charge is 0.150 e. The molecular formula is C11H19N3O2. The number of morpholine rings is 1. The zero-order valence-corrected chi connectivity index (χ0v) is 9.61. The fraction of sp³-hybridized carbons (Fsp3) is 0.727. The van der Waals surface area contributed by atoms with Gasteiger partial charge in [0, 0.05) is 24.7 Å². The SMILES string of the molecule is CC(CC1COCCN1)NCc1ccno1. The van der Waals surface area contributed by atoms with Crippen molar-refractivity contribution in [3.05, 3.63) is 18.0 Å². The Morgan fingerprint density at radius 2 is 2.62 bits per heavy atom. The number of nitrogens with zero attached hydrogens (tertiary/aromatic N) is 1. The first-order valence-electron chi connectivity index (χ1n) is 5.78. The Kier molecular flexibility index (Phi) is 4.33. The zero-order valence-electron chi connectivity index (χ0n) is 9.61. The standard InChI is InChI=1S/C11H19N3O2/c1-9(6-10-8-15-5-4-12-10)13-7-11-2-3-14-16-11/h2-3,9-10,12-13H,4-8H2,1H3. The Labute approximate surface area is 95.5 Å². The average molecular weight is 225 g/mol. The summed E-state index contributed by atoms with van der Waals surface area (Å²) < 4.78 is 10.4. The first kappa shape index (κ1) is 11.6. The van der Waals surface area contributed by atoms with Crippen molar-refractivity contribution in [2.24, 2.45) is 0 Å². The monoisotopic (exact) mass is 225 g/mol. The van der Waals surface area contributed by atoms with Crippen molar-refractivity contribution in [2.45, 2.75) is 32.0 Å².